The molecule has 2 nitrogen and oxygen atoms in total. The maximum absolute atomic E-state index is 13.6. The first-order chi connectivity index (χ1) is 9.49. The van der Waals surface area contributed by atoms with Gasteiger partial charge in [-0.25, -0.2) is 13.2 Å². The molecule has 1 atom stereocenters. The van der Waals surface area contributed by atoms with Crippen molar-refractivity contribution >= 4 is 5.69 Å². The molecule has 0 aliphatic rings. The minimum Gasteiger partial charge on any atom is -0.370 e. The first-order valence-corrected chi connectivity index (χ1v) is 6.15. The van der Waals surface area contributed by atoms with Crippen molar-refractivity contribution in [2.75, 3.05) is 18.5 Å². The van der Waals surface area contributed by atoms with Crippen molar-refractivity contribution in [3.63, 3.8) is 0 Å². The van der Waals surface area contributed by atoms with E-state index in [1.54, 1.807) is 30.1 Å². The van der Waals surface area contributed by atoms with Crippen molar-refractivity contribution in [2.45, 2.75) is 6.04 Å². The Morgan fingerprint density at radius 1 is 1.05 bits per heavy atom. The lowest BCUT2D eigenvalue weighted by atomic mass is 10.1. The fraction of sp³-hybridized carbons (Fsp3) is 0.200. The summed E-state index contributed by atoms with van der Waals surface area (Å²) in [6.45, 7) is 0.212. The number of nitrogens with two attached hydrogens (primary N) is 1. The van der Waals surface area contributed by atoms with Crippen LogP contribution in [0, 0.1) is 17.5 Å². The Morgan fingerprint density at radius 3 is 2.40 bits per heavy atom. The van der Waals surface area contributed by atoms with Crippen LogP contribution in [-0.4, -0.2) is 13.6 Å². The zero-order valence-corrected chi connectivity index (χ0v) is 11.0. The molecule has 0 radical (unpaired) electrons. The van der Waals surface area contributed by atoms with E-state index in [0.717, 1.165) is 12.1 Å². The van der Waals surface area contributed by atoms with Gasteiger partial charge in [0.2, 0.25) is 0 Å². The van der Waals surface area contributed by atoms with Gasteiger partial charge in [-0.05, 0) is 18.2 Å². The first-order valence-electron chi connectivity index (χ1n) is 6.15. The Hall–Kier alpha value is -2.01. The molecule has 0 fully saturated rings. The van der Waals surface area contributed by atoms with E-state index in [1.807, 2.05) is 0 Å². The smallest absolute Gasteiger partial charge is 0.146 e. The van der Waals surface area contributed by atoms with Gasteiger partial charge >= 0.3 is 0 Å². The minimum absolute atomic E-state index is 0.203. The maximum atomic E-state index is 13.6. The summed E-state index contributed by atoms with van der Waals surface area (Å²) >= 11 is 0. The number of halogens is 3. The standard InChI is InChI=1S/C15H15F3N2/c1-20(15-5-3-2-4-12(15)17)9-14(19)11-7-6-10(16)8-13(11)18/h2-8,14H,9,19H2,1H3. The van der Waals surface area contributed by atoms with Crippen LogP contribution in [0.4, 0.5) is 18.9 Å². The second kappa shape index (κ2) is 5.96. The molecule has 20 heavy (non-hydrogen) atoms. The van der Waals surface area contributed by atoms with Gasteiger partial charge in [-0.1, -0.05) is 18.2 Å². The van der Waals surface area contributed by atoms with Crippen LogP contribution in [0.2, 0.25) is 0 Å². The lowest BCUT2D eigenvalue weighted by Crippen LogP contribution is -2.30. The van der Waals surface area contributed by atoms with Crippen LogP contribution in [0.5, 0.6) is 0 Å². The molecule has 2 aromatic rings. The summed E-state index contributed by atoms with van der Waals surface area (Å²) in [5.74, 6) is -1.72. The van der Waals surface area contributed by atoms with Crippen molar-refractivity contribution in [1.29, 1.82) is 0 Å². The van der Waals surface area contributed by atoms with Crippen molar-refractivity contribution in [1.82, 2.24) is 0 Å². The topological polar surface area (TPSA) is 29.3 Å². The number of benzene rings is 2. The Morgan fingerprint density at radius 2 is 1.75 bits per heavy atom. The van der Waals surface area contributed by atoms with E-state index in [0.29, 0.717) is 5.69 Å². The van der Waals surface area contributed by atoms with Crippen LogP contribution in [-0.2, 0) is 0 Å². The number of anilines is 1. The molecule has 0 saturated heterocycles. The van der Waals surface area contributed by atoms with Gasteiger partial charge in [0.25, 0.3) is 0 Å². The zero-order valence-electron chi connectivity index (χ0n) is 11.0. The third-order valence-corrected chi connectivity index (χ3v) is 3.10. The number of hydrogen-bond acceptors (Lipinski definition) is 2. The first kappa shape index (κ1) is 14.4. The van der Waals surface area contributed by atoms with Gasteiger partial charge < -0.3 is 10.6 Å². The number of nitrogens with zero attached hydrogens (tertiary/aromatic N) is 1. The van der Waals surface area contributed by atoms with E-state index in [-0.39, 0.29) is 17.9 Å². The molecular formula is C15H15F3N2. The van der Waals surface area contributed by atoms with Gasteiger partial charge in [0.1, 0.15) is 17.5 Å². The highest BCUT2D eigenvalue weighted by Gasteiger charge is 2.16. The lowest BCUT2D eigenvalue weighted by molar-refractivity contribution is 0.552. The van der Waals surface area contributed by atoms with Crippen molar-refractivity contribution in [3.05, 3.63) is 65.5 Å². The highest BCUT2D eigenvalue weighted by Crippen LogP contribution is 2.21. The van der Waals surface area contributed by atoms with Crippen LogP contribution in [0.1, 0.15) is 11.6 Å². The van der Waals surface area contributed by atoms with Crippen LogP contribution in [0.3, 0.4) is 0 Å². The van der Waals surface area contributed by atoms with Crippen LogP contribution in [0.15, 0.2) is 42.5 Å². The average Bonchev–Trinajstić information content (AvgIpc) is 2.38. The number of hydrogen-bond donors (Lipinski definition) is 1. The predicted octanol–water partition coefficient (Wildman–Crippen LogP) is 3.24. The Bertz CT molecular complexity index is 601. The molecule has 2 rings (SSSR count). The van der Waals surface area contributed by atoms with Crippen molar-refractivity contribution in [2.24, 2.45) is 5.73 Å². The summed E-state index contributed by atoms with van der Waals surface area (Å²) in [4.78, 5) is 1.60. The van der Waals surface area contributed by atoms with Crippen LogP contribution >= 0.6 is 0 Å². The summed E-state index contributed by atoms with van der Waals surface area (Å²) in [5.41, 5.74) is 6.49. The Labute approximate surface area is 115 Å². The van der Waals surface area contributed by atoms with Gasteiger partial charge in [-0.15, -0.1) is 0 Å². The molecule has 2 aromatic carbocycles. The fourth-order valence-corrected chi connectivity index (χ4v) is 2.06. The highest BCUT2D eigenvalue weighted by molar-refractivity contribution is 5.47. The van der Waals surface area contributed by atoms with E-state index in [1.165, 1.54) is 12.1 Å². The molecule has 0 heterocycles. The molecule has 0 aliphatic carbocycles. The van der Waals surface area contributed by atoms with Crippen LogP contribution < -0.4 is 10.6 Å². The SMILES string of the molecule is CN(CC(N)c1ccc(F)cc1F)c1ccccc1F. The van der Waals surface area contributed by atoms with Crippen LogP contribution in [0.25, 0.3) is 0 Å². The molecule has 5 heteroatoms. The summed E-state index contributed by atoms with van der Waals surface area (Å²) in [7, 11) is 1.67. The second-order valence-electron chi connectivity index (χ2n) is 4.60. The number of rotatable bonds is 4. The van der Waals surface area contributed by atoms with E-state index in [2.05, 4.69) is 0 Å². The molecule has 0 saturated carbocycles. The fourth-order valence-electron chi connectivity index (χ4n) is 2.06. The van der Waals surface area contributed by atoms with E-state index in [4.69, 9.17) is 5.73 Å². The quantitative estimate of drug-likeness (QED) is 0.931. The molecule has 0 amide bonds. The lowest BCUT2D eigenvalue weighted by Gasteiger charge is -2.24. The molecule has 0 aliphatic heterocycles. The molecule has 0 spiro atoms. The third-order valence-electron chi connectivity index (χ3n) is 3.10. The minimum atomic E-state index is -0.695. The molecule has 2 N–H and O–H groups in total. The average molecular weight is 280 g/mol. The zero-order chi connectivity index (χ0) is 14.7. The maximum Gasteiger partial charge on any atom is 0.146 e. The van der Waals surface area contributed by atoms with E-state index in [9.17, 15) is 13.2 Å². The van der Waals surface area contributed by atoms with Crippen molar-refractivity contribution in [3.8, 4) is 0 Å². The van der Waals surface area contributed by atoms with Gasteiger partial charge in [-0.2, -0.15) is 0 Å². The van der Waals surface area contributed by atoms with E-state index < -0.39 is 17.7 Å². The Balaban J connectivity index is 2.15. The van der Waals surface area contributed by atoms with Gasteiger partial charge in [0.05, 0.1) is 11.7 Å². The summed E-state index contributed by atoms with van der Waals surface area (Å²) in [5, 5.41) is 0. The highest BCUT2D eigenvalue weighted by atomic mass is 19.1. The number of para-hydroxylation sites is 1. The predicted molar refractivity (Wildman–Crippen MR) is 73.0 cm³/mol. The normalized spacial score (nSPS) is 12.2. The van der Waals surface area contributed by atoms with Gasteiger partial charge in [0.15, 0.2) is 0 Å². The van der Waals surface area contributed by atoms with Crippen molar-refractivity contribution < 1.29 is 13.2 Å². The van der Waals surface area contributed by atoms with Gasteiger partial charge in [-0.3, -0.25) is 0 Å². The molecular weight excluding hydrogens is 265 g/mol. The monoisotopic (exact) mass is 280 g/mol. The van der Waals surface area contributed by atoms with E-state index >= 15 is 0 Å². The summed E-state index contributed by atoms with van der Waals surface area (Å²) in [6, 6.07) is 8.83. The summed E-state index contributed by atoms with van der Waals surface area (Å²) in [6.07, 6.45) is 0. The van der Waals surface area contributed by atoms with Gasteiger partial charge in [0, 0.05) is 25.2 Å². The molecule has 0 aromatic heterocycles. The second-order valence-corrected chi connectivity index (χ2v) is 4.60. The molecule has 1 unspecified atom stereocenters. The largest absolute Gasteiger partial charge is 0.370 e. The molecule has 106 valence electrons. The summed E-state index contributed by atoms with van der Waals surface area (Å²) < 4.78 is 40.1. The number of likely N-dealkylation sites (N-methyl/N-ethyl adjacent to an activating group) is 1. The molecule has 0 bridgehead atoms. The third kappa shape index (κ3) is 3.11. The Kier molecular flexibility index (Phi) is 4.29.